The fraction of sp³-hybridized carbons (Fsp3) is 0.312. The molecule has 0 bridgehead atoms. The number of alkyl halides is 3. The normalized spacial score (nSPS) is 14.8. The van der Waals surface area contributed by atoms with Gasteiger partial charge in [0, 0.05) is 38.4 Å². The number of nitrogens with zero attached hydrogens (tertiary/aromatic N) is 5. The van der Waals surface area contributed by atoms with E-state index in [-0.39, 0.29) is 17.2 Å². The van der Waals surface area contributed by atoms with Crippen molar-refractivity contribution in [3.63, 3.8) is 0 Å². The average Bonchev–Trinajstić information content (AvgIpc) is 2.67. The van der Waals surface area contributed by atoms with Crippen LogP contribution in [0, 0.1) is 15.0 Å². The average molecular weight is 396 g/mol. The largest absolute Gasteiger partial charge is 0.416 e. The maximum atomic E-state index is 12.9. The molecule has 9 nitrogen and oxygen atoms in total. The van der Waals surface area contributed by atoms with Crippen molar-refractivity contribution in [1.29, 1.82) is 0 Å². The van der Waals surface area contributed by atoms with Crippen LogP contribution in [0.4, 0.5) is 41.7 Å². The van der Waals surface area contributed by atoms with Gasteiger partial charge in [-0.3, -0.25) is 10.1 Å². The molecular weight excluding hydrogens is 381 g/mol. The summed E-state index contributed by atoms with van der Waals surface area (Å²) in [7, 11) is 0. The Morgan fingerprint density at radius 3 is 2.36 bits per heavy atom. The van der Waals surface area contributed by atoms with E-state index in [4.69, 9.17) is 5.73 Å². The van der Waals surface area contributed by atoms with Crippen molar-refractivity contribution in [3.8, 4) is 0 Å². The smallest absolute Gasteiger partial charge is 0.391 e. The van der Waals surface area contributed by atoms with E-state index in [1.54, 1.807) is 9.80 Å². The molecule has 0 atom stereocenters. The van der Waals surface area contributed by atoms with Crippen LogP contribution in [-0.4, -0.2) is 36.1 Å². The number of nitrogen functional groups attached to an aromatic ring is 1. The lowest BCUT2D eigenvalue weighted by Crippen LogP contribution is -2.47. The second-order valence-electron chi connectivity index (χ2n) is 6.09. The van der Waals surface area contributed by atoms with Crippen LogP contribution < -0.4 is 15.5 Å². The van der Waals surface area contributed by atoms with Gasteiger partial charge in [0.05, 0.1) is 16.2 Å². The number of nitro groups is 1. The number of anilines is 3. The Kier molecular flexibility index (Phi) is 5.03. The first-order valence-corrected chi connectivity index (χ1v) is 8.15. The standard InChI is InChI=1S/C16H15F3N6O3/c17-16(18,19)10-3-4-21-13(9-10)24-7-5-23(6-8-24)12-2-1-11(25(27)28)14(20)15(12)22-26/h1-4,9H,5-8,20H2. The molecule has 0 amide bonds. The SMILES string of the molecule is Nc1c([N+](=O)[O-])ccc(N2CCN(c3cc(C(F)(F)F)ccn3)CC2)c1N=O. The topological polar surface area (TPSA) is 118 Å². The minimum atomic E-state index is -4.46. The molecule has 1 aliphatic rings. The number of nitrogens with two attached hydrogens (primary N) is 1. The van der Waals surface area contributed by atoms with Gasteiger partial charge < -0.3 is 15.5 Å². The first kappa shape index (κ1) is 19.3. The molecule has 1 aromatic heterocycles. The predicted molar refractivity (Wildman–Crippen MR) is 96.6 cm³/mol. The third-order valence-corrected chi connectivity index (χ3v) is 4.48. The van der Waals surface area contributed by atoms with Gasteiger partial charge in [-0.1, -0.05) is 0 Å². The number of rotatable bonds is 4. The molecule has 1 saturated heterocycles. The molecule has 1 aliphatic heterocycles. The van der Waals surface area contributed by atoms with Crippen LogP contribution in [0.1, 0.15) is 5.56 Å². The fourth-order valence-electron chi connectivity index (χ4n) is 3.04. The van der Waals surface area contributed by atoms with E-state index >= 15 is 0 Å². The van der Waals surface area contributed by atoms with Crippen molar-refractivity contribution in [1.82, 2.24) is 4.98 Å². The Labute approximate surface area is 156 Å². The van der Waals surface area contributed by atoms with Gasteiger partial charge in [0.2, 0.25) is 0 Å². The molecule has 0 radical (unpaired) electrons. The zero-order valence-electron chi connectivity index (χ0n) is 14.4. The van der Waals surface area contributed by atoms with Gasteiger partial charge >= 0.3 is 6.18 Å². The molecule has 0 unspecified atom stereocenters. The number of nitro benzene ring substituents is 1. The highest BCUT2D eigenvalue weighted by molar-refractivity contribution is 5.85. The van der Waals surface area contributed by atoms with Crippen LogP contribution in [-0.2, 0) is 6.18 Å². The van der Waals surface area contributed by atoms with Crippen molar-refractivity contribution in [2.45, 2.75) is 6.18 Å². The van der Waals surface area contributed by atoms with Gasteiger partial charge in [-0.25, -0.2) is 4.98 Å². The van der Waals surface area contributed by atoms with Crippen LogP contribution in [0.3, 0.4) is 0 Å². The number of halogens is 3. The van der Waals surface area contributed by atoms with E-state index in [1.807, 2.05) is 0 Å². The molecule has 0 aliphatic carbocycles. The minimum absolute atomic E-state index is 0.200. The summed E-state index contributed by atoms with van der Waals surface area (Å²) in [4.78, 5) is 28.9. The quantitative estimate of drug-likeness (QED) is 0.364. The molecule has 28 heavy (non-hydrogen) atoms. The van der Waals surface area contributed by atoms with Crippen LogP contribution in [0.5, 0.6) is 0 Å². The van der Waals surface area contributed by atoms with Crippen molar-refractivity contribution in [2.24, 2.45) is 5.18 Å². The molecule has 2 heterocycles. The Balaban J connectivity index is 1.79. The lowest BCUT2D eigenvalue weighted by molar-refractivity contribution is -0.383. The zero-order valence-corrected chi connectivity index (χ0v) is 14.4. The Morgan fingerprint density at radius 2 is 1.79 bits per heavy atom. The number of nitroso groups, excluding NO2 is 1. The summed E-state index contributed by atoms with van der Waals surface area (Å²) in [6.07, 6.45) is -3.35. The van der Waals surface area contributed by atoms with E-state index in [9.17, 15) is 28.2 Å². The second kappa shape index (κ2) is 7.29. The number of hydrogen-bond donors (Lipinski definition) is 1. The van der Waals surface area contributed by atoms with Crippen molar-refractivity contribution >= 4 is 28.6 Å². The fourth-order valence-corrected chi connectivity index (χ4v) is 3.04. The lowest BCUT2D eigenvalue weighted by Gasteiger charge is -2.37. The van der Waals surface area contributed by atoms with Crippen LogP contribution in [0.15, 0.2) is 35.6 Å². The van der Waals surface area contributed by atoms with E-state index in [2.05, 4.69) is 10.2 Å². The number of aromatic nitrogens is 1. The van der Waals surface area contributed by atoms with Crippen molar-refractivity contribution in [3.05, 3.63) is 51.0 Å². The predicted octanol–water partition coefficient (Wildman–Crippen LogP) is 3.32. The molecule has 3 rings (SSSR count). The molecule has 12 heteroatoms. The number of hydrogen-bond acceptors (Lipinski definition) is 8. The highest BCUT2D eigenvalue weighted by atomic mass is 19.4. The first-order valence-electron chi connectivity index (χ1n) is 8.15. The monoisotopic (exact) mass is 396 g/mol. The summed E-state index contributed by atoms with van der Waals surface area (Å²) >= 11 is 0. The Morgan fingerprint density at radius 1 is 1.14 bits per heavy atom. The highest BCUT2D eigenvalue weighted by Gasteiger charge is 2.32. The summed E-state index contributed by atoms with van der Waals surface area (Å²) in [5.41, 5.74) is 4.30. The van der Waals surface area contributed by atoms with E-state index in [0.29, 0.717) is 31.9 Å². The zero-order chi connectivity index (χ0) is 20.5. The van der Waals surface area contributed by atoms with Gasteiger partial charge in [0.25, 0.3) is 5.69 Å². The summed E-state index contributed by atoms with van der Waals surface area (Å²) in [6.45, 7) is 1.36. The first-order chi connectivity index (χ1) is 13.2. The molecule has 0 spiro atoms. The maximum Gasteiger partial charge on any atom is 0.416 e. The van der Waals surface area contributed by atoms with E-state index in [0.717, 1.165) is 18.3 Å². The van der Waals surface area contributed by atoms with Crippen LogP contribution in [0.25, 0.3) is 0 Å². The van der Waals surface area contributed by atoms with E-state index < -0.39 is 22.4 Å². The summed E-state index contributed by atoms with van der Waals surface area (Å²) in [5.74, 6) is 0.200. The molecule has 1 aromatic carbocycles. The third kappa shape index (κ3) is 3.66. The lowest BCUT2D eigenvalue weighted by atomic mass is 10.1. The van der Waals surface area contributed by atoms with Crippen molar-refractivity contribution in [2.75, 3.05) is 41.7 Å². The molecule has 148 valence electrons. The number of pyridine rings is 1. The molecular formula is C16H15F3N6O3. The van der Waals surface area contributed by atoms with Gasteiger partial charge in [0.1, 0.15) is 11.5 Å². The van der Waals surface area contributed by atoms with E-state index in [1.165, 1.54) is 12.1 Å². The van der Waals surface area contributed by atoms with Gasteiger partial charge in [-0.2, -0.15) is 13.2 Å². The minimum Gasteiger partial charge on any atom is -0.391 e. The molecule has 2 aromatic rings. The van der Waals surface area contributed by atoms with Gasteiger partial charge in [0.15, 0.2) is 5.69 Å². The highest BCUT2D eigenvalue weighted by Crippen LogP contribution is 2.40. The Hall–Kier alpha value is -3.44. The second-order valence-corrected chi connectivity index (χ2v) is 6.09. The maximum absolute atomic E-state index is 12.9. The van der Waals surface area contributed by atoms with Crippen LogP contribution >= 0.6 is 0 Å². The number of benzene rings is 1. The number of piperazine rings is 1. The Bertz CT molecular complexity index is 913. The summed E-state index contributed by atoms with van der Waals surface area (Å²) in [5, 5.41) is 13.8. The summed E-state index contributed by atoms with van der Waals surface area (Å²) < 4.78 is 38.6. The molecule has 2 N–H and O–H groups in total. The van der Waals surface area contributed by atoms with Gasteiger partial charge in [-0.15, -0.1) is 4.91 Å². The summed E-state index contributed by atoms with van der Waals surface area (Å²) in [6, 6.07) is 4.48. The molecule has 0 saturated carbocycles. The van der Waals surface area contributed by atoms with Gasteiger partial charge in [-0.05, 0) is 23.4 Å². The third-order valence-electron chi connectivity index (χ3n) is 4.48. The molecule has 1 fully saturated rings. The van der Waals surface area contributed by atoms with Crippen LogP contribution in [0.2, 0.25) is 0 Å². The van der Waals surface area contributed by atoms with Crippen molar-refractivity contribution < 1.29 is 18.1 Å².